The predicted molar refractivity (Wildman–Crippen MR) is 96.4 cm³/mol. The molecule has 0 spiro atoms. The molecule has 0 aliphatic rings. The van der Waals surface area contributed by atoms with Crippen LogP contribution in [-0.2, 0) is 9.59 Å². The van der Waals surface area contributed by atoms with Crippen molar-refractivity contribution < 1.29 is 28.5 Å². The number of anilines is 2. The number of para-hydroxylation sites is 2. The van der Waals surface area contributed by atoms with E-state index in [1.165, 1.54) is 28.4 Å². The van der Waals surface area contributed by atoms with Gasteiger partial charge < -0.3 is 29.6 Å². The van der Waals surface area contributed by atoms with Crippen molar-refractivity contribution in [3.63, 3.8) is 0 Å². The fourth-order valence-corrected chi connectivity index (χ4v) is 2.29. The first-order valence-corrected chi connectivity index (χ1v) is 7.60. The molecule has 0 aliphatic carbocycles. The number of ether oxygens (including phenoxy) is 4. The van der Waals surface area contributed by atoms with Crippen LogP contribution >= 0.6 is 0 Å². The second-order valence-corrected chi connectivity index (χ2v) is 4.98. The van der Waals surface area contributed by atoms with Crippen molar-refractivity contribution in [2.75, 3.05) is 39.1 Å². The number of hydrogen-bond acceptors (Lipinski definition) is 6. The van der Waals surface area contributed by atoms with Gasteiger partial charge in [0.1, 0.15) is 34.4 Å². The molecule has 0 saturated heterocycles. The molecule has 2 N–H and O–H groups in total. The zero-order valence-electron chi connectivity index (χ0n) is 14.9. The van der Waals surface area contributed by atoms with Gasteiger partial charge in [0.25, 0.3) is 0 Å². The molecule has 0 radical (unpaired) electrons. The topological polar surface area (TPSA) is 95.1 Å². The van der Waals surface area contributed by atoms with Crippen LogP contribution in [0.25, 0.3) is 0 Å². The molecule has 0 heterocycles. The third-order valence-electron chi connectivity index (χ3n) is 3.54. The zero-order valence-corrected chi connectivity index (χ0v) is 14.9. The third-order valence-corrected chi connectivity index (χ3v) is 3.54. The maximum absolute atomic E-state index is 12.3. The first-order valence-electron chi connectivity index (χ1n) is 7.60. The van der Waals surface area contributed by atoms with Gasteiger partial charge in [0.15, 0.2) is 0 Å². The highest BCUT2D eigenvalue weighted by atomic mass is 16.5. The van der Waals surface area contributed by atoms with Gasteiger partial charge in [-0.3, -0.25) is 9.59 Å². The van der Waals surface area contributed by atoms with Crippen molar-refractivity contribution in [3.8, 4) is 23.0 Å². The van der Waals surface area contributed by atoms with Crippen LogP contribution in [0.4, 0.5) is 11.4 Å². The minimum Gasteiger partial charge on any atom is -0.494 e. The Morgan fingerprint density at radius 3 is 1.12 bits per heavy atom. The molecule has 0 atom stereocenters. The van der Waals surface area contributed by atoms with Gasteiger partial charge in [0, 0.05) is 0 Å². The molecular formula is C18H20N2O6. The summed E-state index contributed by atoms with van der Waals surface area (Å²) in [4.78, 5) is 24.7. The summed E-state index contributed by atoms with van der Waals surface area (Å²) in [6.45, 7) is 0. The van der Waals surface area contributed by atoms with Gasteiger partial charge in [-0.2, -0.15) is 0 Å². The lowest BCUT2D eigenvalue weighted by molar-refractivity contribution is -0.133. The molecule has 0 aromatic heterocycles. The molecule has 2 aromatic rings. The van der Waals surface area contributed by atoms with E-state index in [2.05, 4.69) is 10.6 Å². The van der Waals surface area contributed by atoms with Gasteiger partial charge in [-0.1, -0.05) is 12.1 Å². The summed E-state index contributed by atoms with van der Waals surface area (Å²) in [7, 11) is 5.79. The normalized spacial score (nSPS) is 9.85. The smallest absolute Gasteiger partial charge is 0.314 e. The van der Waals surface area contributed by atoms with Crippen LogP contribution < -0.4 is 29.6 Å². The number of hydrogen-bond donors (Lipinski definition) is 2. The molecule has 0 bridgehead atoms. The first-order chi connectivity index (χ1) is 12.5. The molecular weight excluding hydrogens is 340 g/mol. The number of benzene rings is 2. The Bertz CT molecular complexity index is 694. The molecule has 138 valence electrons. The molecule has 2 amide bonds. The van der Waals surface area contributed by atoms with E-state index in [0.29, 0.717) is 23.0 Å². The van der Waals surface area contributed by atoms with Gasteiger partial charge in [-0.15, -0.1) is 0 Å². The summed E-state index contributed by atoms with van der Waals surface area (Å²) in [6, 6.07) is 9.96. The lowest BCUT2D eigenvalue weighted by Crippen LogP contribution is -2.29. The Labute approximate surface area is 151 Å². The highest BCUT2D eigenvalue weighted by Crippen LogP contribution is 2.35. The molecule has 8 heteroatoms. The lowest BCUT2D eigenvalue weighted by atomic mass is 10.2. The molecule has 0 saturated carbocycles. The summed E-state index contributed by atoms with van der Waals surface area (Å²) >= 11 is 0. The van der Waals surface area contributed by atoms with Crippen LogP contribution in [0.1, 0.15) is 0 Å². The summed E-state index contributed by atoms with van der Waals surface area (Å²) < 4.78 is 20.8. The average Bonchev–Trinajstić information content (AvgIpc) is 2.67. The van der Waals surface area contributed by atoms with Crippen LogP contribution in [0.15, 0.2) is 36.4 Å². The third kappa shape index (κ3) is 3.97. The predicted octanol–water partition coefficient (Wildman–Crippen LogP) is 2.30. The van der Waals surface area contributed by atoms with Gasteiger partial charge in [-0.25, -0.2) is 0 Å². The Kier molecular flexibility index (Phi) is 6.26. The van der Waals surface area contributed by atoms with Crippen LogP contribution in [0.2, 0.25) is 0 Å². The second kappa shape index (κ2) is 8.61. The lowest BCUT2D eigenvalue weighted by Gasteiger charge is -2.15. The van der Waals surface area contributed by atoms with Crippen molar-refractivity contribution in [1.29, 1.82) is 0 Å². The monoisotopic (exact) mass is 360 g/mol. The van der Waals surface area contributed by atoms with Gasteiger partial charge in [0.2, 0.25) is 0 Å². The fourth-order valence-electron chi connectivity index (χ4n) is 2.29. The van der Waals surface area contributed by atoms with Gasteiger partial charge in [0.05, 0.1) is 28.4 Å². The molecule has 0 fully saturated rings. The molecule has 2 aromatic carbocycles. The Morgan fingerprint density at radius 1 is 0.615 bits per heavy atom. The van der Waals surface area contributed by atoms with E-state index < -0.39 is 11.8 Å². The maximum Gasteiger partial charge on any atom is 0.314 e. The summed E-state index contributed by atoms with van der Waals surface area (Å²) in [5.74, 6) is -0.358. The van der Waals surface area contributed by atoms with Gasteiger partial charge in [-0.05, 0) is 24.3 Å². The first kappa shape index (κ1) is 18.9. The summed E-state index contributed by atoms with van der Waals surface area (Å²) in [5.41, 5.74) is 0.509. The maximum atomic E-state index is 12.3. The van der Waals surface area contributed by atoms with Crippen LogP contribution in [0.3, 0.4) is 0 Å². The van der Waals surface area contributed by atoms with Crippen molar-refractivity contribution in [2.24, 2.45) is 0 Å². The SMILES string of the molecule is COc1cccc(OC)c1NC(=O)C(=O)Nc1c(OC)cccc1OC. The summed E-state index contributed by atoms with van der Waals surface area (Å²) in [6.07, 6.45) is 0. The van der Waals surface area contributed by atoms with Crippen molar-refractivity contribution in [2.45, 2.75) is 0 Å². The highest BCUT2D eigenvalue weighted by molar-refractivity contribution is 6.44. The number of carbonyl (C=O) groups excluding carboxylic acids is 2. The number of methoxy groups -OCH3 is 4. The van der Waals surface area contributed by atoms with E-state index >= 15 is 0 Å². The van der Waals surface area contributed by atoms with Crippen LogP contribution in [0.5, 0.6) is 23.0 Å². The number of carbonyl (C=O) groups is 2. The second-order valence-electron chi connectivity index (χ2n) is 4.98. The zero-order chi connectivity index (χ0) is 19.1. The number of rotatable bonds is 6. The van der Waals surface area contributed by atoms with E-state index in [-0.39, 0.29) is 11.4 Å². The largest absolute Gasteiger partial charge is 0.494 e. The minimum absolute atomic E-state index is 0.254. The van der Waals surface area contributed by atoms with Crippen molar-refractivity contribution in [3.05, 3.63) is 36.4 Å². The van der Waals surface area contributed by atoms with Crippen LogP contribution in [-0.4, -0.2) is 40.3 Å². The van der Waals surface area contributed by atoms with E-state index in [1.54, 1.807) is 36.4 Å². The van der Waals surface area contributed by atoms with E-state index in [1.807, 2.05) is 0 Å². The Morgan fingerprint density at radius 2 is 0.885 bits per heavy atom. The molecule has 26 heavy (non-hydrogen) atoms. The van der Waals surface area contributed by atoms with Gasteiger partial charge >= 0.3 is 11.8 Å². The Balaban J connectivity index is 2.24. The minimum atomic E-state index is -0.902. The van der Waals surface area contributed by atoms with Crippen molar-refractivity contribution >= 4 is 23.2 Å². The number of amides is 2. The fraction of sp³-hybridized carbons (Fsp3) is 0.222. The number of nitrogens with one attached hydrogen (secondary N) is 2. The van der Waals surface area contributed by atoms with E-state index in [4.69, 9.17) is 18.9 Å². The van der Waals surface area contributed by atoms with Crippen LogP contribution in [0, 0.1) is 0 Å². The van der Waals surface area contributed by atoms with E-state index in [9.17, 15) is 9.59 Å². The Hall–Kier alpha value is -3.42. The average molecular weight is 360 g/mol. The highest BCUT2D eigenvalue weighted by Gasteiger charge is 2.21. The molecule has 8 nitrogen and oxygen atoms in total. The quantitative estimate of drug-likeness (QED) is 0.768. The molecule has 0 unspecified atom stereocenters. The van der Waals surface area contributed by atoms with E-state index in [0.717, 1.165) is 0 Å². The van der Waals surface area contributed by atoms with Crippen molar-refractivity contribution in [1.82, 2.24) is 0 Å². The standard InChI is InChI=1S/C18H20N2O6/c1-23-11-7-5-8-12(24-2)15(11)19-17(21)18(22)20-16-13(25-3)9-6-10-14(16)26-4/h5-10H,1-4H3,(H,19,21)(H,20,22). The molecule has 0 aliphatic heterocycles. The summed E-state index contributed by atoms with van der Waals surface area (Å²) in [5, 5.41) is 4.99. The molecule has 2 rings (SSSR count).